The molecule has 0 fully saturated rings. The summed E-state index contributed by atoms with van der Waals surface area (Å²) >= 11 is 0. The van der Waals surface area contributed by atoms with Gasteiger partial charge in [0.15, 0.2) is 5.43 Å². The van der Waals surface area contributed by atoms with Gasteiger partial charge in [-0.05, 0) is 18.1 Å². The number of anilines is 1. The molecule has 0 aliphatic carbocycles. The molecular weight excluding hydrogens is 266 g/mol. The minimum atomic E-state index is -0.277. The molecular formula is C16H19N3O2. The van der Waals surface area contributed by atoms with Crippen LogP contribution in [0, 0.1) is 0 Å². The lowest BCUT2D eigenvalue weighted by atomic mass is 10.1. The summed E-state index contributed by atoms with van der Waals surface area (Å²) in [5, 5.41) is 0. The standard InChI is InChI=1S/C16H19N3O2/c1-2-9-19(11-12-5-3-4-6-14(12)17)16(21)13-10-18-8-7-15(13)20/h3-8,10H,2,9,11,17H2,1H3,(H,18,20). The van der Waals surface area contributed by atoms with E-state index < -0.39 is 0 Å². The van der Waals surface area contributed by atoms with E-state index in [1.807, 2.05) is 25.1 Å². The summed E-state index contributed by atoms with van der Waals surface area (Å²) in [6.45, 7) is 2.96. The lowest BCUT2D eigenvalue weighted by Crippen LogP contribution is -2.34. The third kappa shape index (κ3) is 3.51. The van der Waals surface area contributed by atoms with E-state index in [0.717, 1.165) is 12.0 Å². The summed E-state index contributed by atoms with van der Waals surface area (Å²) in [7, 11) is 0. The summed E-state index contributed by atoms with van der Waals surface area (Å²) in [5.74, 6) is -0.276. The highest BCUT2D eigenvalue weighted by Crippen LogP contribution is 2.15. The molecule has 0 bridgehead atoms. The Morgan fingerprint density at radius 1 is 1.29 bits per heavy atom. The van der Waals surface area contributed by atoms with E-state index in [4.69, 9.17) is 5.73 Å². The van der Waals surface area contributed by atoms with Crippen LogP contribution in [0.4, 0.5) is 5.69 Å². The van der Waals surface area contributed by atoms with Crippen molar-refractivity contribution in [2.24, 2.45) is 0 Å². The van der Waals surface area contributed by atoms with Gasteiger partial charge in [-0.25, -0.2) is 0 Å². The fraction of sp³-hybridized carbons (Fsp3) is 0.250. The van der Waals surface area contributed by atoms with Crippen molar-refractivity contribution < 1.29 is 4.79 Å². The number of amides is 1. The molecule has 0 atom stereocenters. The Bertz CT molecular complexity index is 679. The van der Waals surface area contributed by atoms with Crippen molar-refractivity contribution in [2.75, 3.05) is 12.3 Å². The molecule has 1 aromatic carbocycles. The number of nitrogens with two attached hydrogens (primary N) is 1. The highest BCUT2D eigenvalue weighted by molar-refractivity contribution is 5.93. The summed E-state index contributed by atoms with van der Waals surface area (Å²) in [6, 6.07) is 8.79. The van der Waals surface area contributed by atoms with Crippen LogP contribution in [-0.2, 0) is 6.54 Å². The molecule has 2 aromatic rings. The van der Waals surface area contributed by atoms with Crippen molar-refractivity contribution in [1.29, 1.82) is 0 Å². The Morgan fingerprint density at radius 3 is 2.71 bits per heavy atom. The molecule has 0 unspecified atom stereocenters. The Hall–Kier alpha value is -2.56. The molecule has 0 saturated carbocycles. The van der Waals surface area contributed by atoms with Crippen LogP contribution < -0.4 is 11.2 Å². The van der Waals surface area contributed by atoms with Crippen molar-refractivity contribution in [3.8, 4) is 0 Å². The van der Waals surface area contributed by atoms with Gasteiger partial charge in [-0.2, -0.15) is 0 Å². The van der Waals surface area contributed by atoms with Gasteiger partial charge in [-0.15, -0.1) is 0 Å². The fourth-order valence-corrected chi connectivity index (χ4v) is 2.16. The molecule has 3 N–H and O–H groups in total. The molecule has 1 amide bonds. The second-order valence-corrected chi connectivity index (χ2v) is 4.85. The smallest absolute Gasteiger partial charge is 0.259 e. The van der Waals surface area contributed by atoms with Gasteiger partial charge in [0.2, 0.25) is 0 Å². The van der Waals surface area contributed by atoms with Crippen molar-refractivity contribution in [1.82, 2.24) is 9.88 Å². The zero-order valence-corrected chi connectivity index (χ0v) is 12.0. The van der Waals surface area contributed by atoms with Crippen molar-refractivity contribution >= 4 is 11.6 Å². The monoisotopic (exact) mass is 285 g/mol. The number of nitrogens with one attached hydrogen (secondary N) is 1. The van der Waals surface area contributed by atoms with Crippen LogP contribution in [0.5, 0.6) is 0 Å². The molecule has 1 heterocycles. The number of pyridine rings is 1. The highest BCUT2D eigenvalue weighted by Gasteiger charge is 2.18. The zero-order valence-electron chi connectivity index (χ0n) is 12.0. The first-order chi connectivity index (χ1) is 10.1. The Morgan fingerprint density at radius 2 is 2.05 bits per heavy atom. The molecule has 0 aliphatic heterocycles. The number of nitrogens with zero attached hydrogens (tertiary/aromatic N) is 1. The summed E-state index contributed by atoms with van der Waals surface area (Å²) in [6.07, 6.45) is 3.77. The van der Waals surface area contributed by atoms with E-state index in [1.165, 1.54) is 18.5 Å². The van der Waals surface area contributed by atoms with Gasteiger partial charge in [-0.1, -0.05) is 25.1 Å². The molecule has 0 aliphatic rings. The molecule has 0 spiro atoms. The molecule has 0 saturated heterocycles. The Labute approximate surface area is 123 Å². The molecule has 0 radical (unpaired) electrons. The fourth-order valence-electron chi connectivity index (χ4n) is 2.16. The summed E-state index contributed by atoms with van der Waals surface area (Å²) < 4.78 is 0. The maximum atomic E-state index is 12.5. The van der Waals surface area contributed by atoms with E-state index in [9.17, 15) is 9.59 Å². The lowest BCUT2D eigenvalue weighted by molar-refractivity contribution is 0.0742. The number of rotatable bonds is 5. The molecule has 5 nitrogen and oxygen atoms in total. The normalized spacial score (nSPS) is 10.3. The van der Waals surface area contributed by atoms with Crippen LogP contribution in [-0.4, -0.2) is 22.3 Å². The minimum Gasteiger partial charge on any atom is -0.398 e. The quantitative estimate of drug-likeness (QED) is 0.825. The molecule has 5 heteroatoms. The lowest BCUT2D eigenvalue weighted by Gasteiger charge is -2.22. The third-order valence-corrected chi connectivity index (χ3v) is 3.25. The number of H-pyrrole nitrogens is 1. The van der Waals surface area contributed by atoms with E-state index >= 15 is 0 Å². The van der Waals surface area contributed by atoms with Gasteiger partial charge in [0, 0.05) is 37.2 Å². The van der Waals surface area contributed by atoms with Crippen molar-refractivity contribution in [3.63, 3.8) is 0 Å². The zero-order chi connectivity index (χ0) is 15.2. The number of aromatic amines is 1. The maximum absolute atomic E-state index is 12.5. The number of para-hydroxylation sites is 1. The number of aromatic nitrogens is 1. The number of benzene rings is 1. The maximum Gasteiger partial charge on any atom is 0.259 e. The van der Waals surface area contributed by atoms with Crippen LogP contribution in [0.25, 0.3) is 0 Å². The molecule has 110 valence electrons. The first-order valence-corrected chi connectivity index (χ1v) is 6.93. The largest absolute Gasteiger partial charge is 0.398 e. The van der Waals surface area contributed by atoms with E-state index in [0.29, 0.717) is 18.8 Å². The number of hydrogen-bond donors (Lipinski definition) is 2. The van der Waals surface area contributed by atoms with Crippen LogP contribution in [0.1, 0.15) is 29.3 Å². The van der Waals surface area contributed by atoms with Gasteiger partial charge in [0.1, 0.15) is 5.56 Å². The Balaban J connectivity index is 2.27. The SMILES string of the molecule is CCCN(Cc1ccccc1N)C(=O)c1c[nH]ccc1=O. The molecule has 2 rings (SSSR count). The van der Waals surface area contributed by atoms with Crippen LogP contribution in [0.2, 0.25) is 0 Å². The van der Waals surface area contributed by atoms with Gasteiger partial charge in [0.25, 0.3) is 5.91 Å². The van der Waals surface area contributed by atoms with Gasteiger partial charge in [0.05, 0.1) is 0 Å². The van der Waals surface area contributed by atoms with Crippen LogP contribution in [0.3, 0.4) is 0 Å². The first-order valence-electron chi connectivity index (χ1n) is 6.93. The second kappa shape index (κ2) is 6.74. The van der Waals surface area contributed by atoms with Crippen molar-refractivity contribution in [3.05, 3.63) is 64.1 Å². The average Bonchev–Trinajstić information content (AvgIpc) is 2.49. The average molecular weight is 285 g/mol. The number of nitrogen functional groups attached to an aromatic ring is 1. The highest BCUT2D eigenvalue weighted by atomic mass is 16.2. The van der Waals surface area contributed by atoms with Crippen molar-refractivity contribution in [2.45, 2.75) is 19.9 Å². The number of carbonyl (C=O) groups is 1. The van der Waals surface area contributed by atoms with Gasteiger partial charge >= 0.3 is 0 Å². The second-order valence-electron chi connectivity index (χ2n) is 4.85. The summed E-state index contributed by atoms with van der Waals surface area (Å²) in [5.41, 5.74) is 7.33. The van der Waals surface area contributed by atoms with E-state index in [-0.39, 0.29) is 16.9 Å². The minimum absolute atomic E-state index is 0.153. The summed E-state index contributed by atoms with van der Waals surface area (Å²) in [4.78, 5) is 28.8. The van der Waals surface area contributed by atoms with Crippen LogP contribution in [0.15, 0.2) is 47.5 Å². The predicted octanol–water partition coefficient (Wildman–Crippen LogP) is 2.01. The molecule has 1 aromatic heterocycles. The first kappa shape index (κ1) is 14.8. The van der Waals surface area contributed by atoms with Gasteiger partial charge < -0.3 is 15.6 Å². The number of hydrogen-bond acceptors (Lipinski definition) is 3. The van der Waals surface area contributed by atoms with Gasteiger partial charge in [-0.3, -0.25) is 9.59 Å². The third-order valence-electron chi connectivity index (χ3n) is 3.25. The number of carbonyl (C=O) groups excluding carboxylic acids is 1. The van der Waals surface area contributed by atoms with Crippen LogP contribution >= 0.6 is 0 Å². The van der Waals surface area contributed by atoms with E-state index in [1.54, 1.807) is 11.0 Å². The molecule has 21 heavy (non-hydrogen) atoms. The topological polar surface area (TPSA) is 79.2 Å². The Kier molecular flexibility index (Phi) is 4.77. The predicted molar refractivity (Wildman–Crippen MR) is 82.9 cm³/mol. The van der Waals surface area contributed by atoms with E-state index in [2.05, 4.69) is 4.98 Å².